The number of aliphatic hydroxyl groups is 1. The summed E-state index contributed by atoms with van der Waals surface area (Å²) in [6, 6.07) is 0. The predicted octanol–water partition coefficient (Wildman–Crippen LogP) is 0.319. The van der Waals surface area contributed by atoms with Crippen molar-refractivity contribution in [3.8, 4) is 0 Å². The Morgan fingerprint density at radius 3 is 2.83 bits per heavy atom. The van der Waals surface area contributed by atoms with Crippen molar-refractivity contribution >= 4 is 11.9 Å². The molecule has 24 heavy (non-hydrogen) atoms. The first kappa shape index (κ1) is 14.9. The van der Waals surface area contributed by atoms with Gasteiger partial charge in [-0.2, -0.15) is 0 Å². The first-order valence-corrected chi connectivity index (χ1v) is 8.70. The first-order valence-electron chi connectivity index (χ1n) is 8.70. The maximum absolute atomic E-state index is 12.4. The van der Waals surface area contributed by atoms with Crippen molar-refractivity contribution in [2.45, 2.75) is 62.9 Å². The minimum atomic E-state index is -1.06. The van der Waals surface area contributed by atoms with Crippen LogP contribution < -0.4 is 0 Å². The van der Waals surface area contributed by atoms with Crippen LogP contribution in [0.15, 0.2) is 11.6 Å². The molecule has 4 fully saturated rings. The molecule has 2 bridgehead atoms. The highest BCUT2D eigenvalue weighted by molar-refractivity contribution is 5.90. The molecule has 130 valence electrons. The molecule has 0 aromatic rings. The van der Waals surface area contributed by atoms with Crippen molar-refractivity contribution in [3.63, 3.8) is 0 Å². The minimum Gasteiger partial charge on any atom is -0.426 e. The number of hydrogen-bond donors (Lipinski definition) is 1. The molecule has 7 atom stereocenters. The van der Waals surface area contributed by atoms with Crippen molar-refractivity contribution in [2.75, 3.05) is 6.54 Å². The van der Waals surface area contributed by atoms with Crippen LogP contribution in [-0.4, -0.2) is 58.3 Å². The molecule has 5 aliphatic heterocycles. The van der Waals surface area contributed by atoms with Crippen LogP contribution in [0.3, 0.4) is 0 Å². The molecule has 1 N–H and O–H groups in total. The normalized spacial score (nSPS) is 51.9. The maximum atomic E-state index is 12.4. The van der Waals surface area contributed by atoms with E-state index in [0.717, 1.165) is 6.42 Å². The van der Waals surface area contributed by atoms with Crippen LogP contribution in [0, 0.1) is 11.8 Å². The highest BCUT2D eigenvalue weighted by Crippen LogP contribution is 2.62. The molecule has 0 radical (unpaired) electrons. The number of amides is 1. The number of esters is 1. The Bertz CT molecular complexity index is 676. The second-order valence-corrected chi connectivity index (χ2v) is 7.56. The summed E-state index contributed by atoms with van der Waals surface area (Å²) in [4.78, 5) is 26.1. The smallest absolute Gasteiger partial charge is 0.336 e. The van der Waals surface area contributed by atoms with Gasteiger partial charge in [-0.1, -0.05) is 6.92 Å². The molecule has 2 unspecified atom stereocenters. The summed E-state index contributed by atoms with van der Waals surface area (Å²) in [5.74, 6) is -1.88. The minimum absolute atomic E-state index is 0.104. The van der Waals surface area contributed by atoms with Gasteiger partial charge in [0.25, 0.3) is 5.91 Å². The Balaban J connectivity index is 1.61. The second-order valence-electron chi connectivity index (χ2n) is 7.56. The molecule has 4 saturated heterocycles. The lowest BCUT2D eigenvalue weighted by atomic mass is 9.76. The highest BCUT2D eigenvalue weighted by atomic mass is 16.7. The Morgan fingerprint density at radius 1 is 1.38 bits per heavy atom. The topological polar surface area (TPSA) is 85.3 Å². The summed E-state index contributed by atoms with van der Waals surface area (Å²) in [5, 5.41) is 10.2. The molecule has 5 aliphatic rings. The third kappa shape index (κ3) is 1.49. The third-order valence-corrected chi connectivity index (χ3v) is 6.43. The summed E-state index contributed by atoms with van der Waals surface area (Å²) in [6.07, 6.45) is 2.05. The van der Waals surface area contributed by atoms with Crippen LogP contribution in [0.25, 0.3) is 0 Å². The number of rotatable bonds is 1. The number of carbonyl (C=O) groups is 2. The molecular weight excluding hydrogens is 314 g/mol. The number of fused-ring (bicyclic) bond motifs is 3. The zero-order chi connectivity index (χ0) is 16.9. The van der Waals surface area contributed by atoms with E-state index in [9.17, 15) is 14.7 Å². The lowest BCUT2D eigenvalue weighted by molar-refractivity contribution is -0.240. The predicted molar refractivity (Wildman–Crippen MR) is 79.3 cm³/mol. The molecule has 0 aliphatic carbocycles. The van der Waals surface area contributed by atoms with E-state index in [1.807, 2.05) is 6.92 Å². The fourth-order valence-electron chi connectivity index (χ4n) is 5.58. The molecule has 0 aromatic carbocycles. The highest BCUT2D eigenvalue weighted by Gasteiger charge is 2.75. The summed E-state index contributed by atoms with van der Waals surface area (Å²) in [6.45, 7) is 4.34. The lowest BCUT2D eigenvalue weighted by Crippen LogP contribution is -2.56. The van der Waals surface area contributed by atoms with Gasteiger partial charge in [-0.3, -0.25) is 4.79 Å². The van der Waals surface area contributed by atoms with Crippen molar-refractivity contribution in [1.29, 1.82) is 0 Å². The van der Waals surface area contributed by atoms with Crippen LogP contribution in [0.5, 0.6) is 0 Å². The Morgan fingerprint density at radius 2 is 2.17 bits per heavy atom. The van der Waals surface area contributed by atoms with Crippen LogP contribution in [-0.2, 0) is 23.8 Å². The van der Waals surface area contributed by atoms with Gasteiger partial charge in [-0.25, -0.2) is 4.79 Å². The van der Waals surface area contributed by atoms with Crippen molar-refractivity contribution < 1.29 is 28.9 Å². The SMILES string of the molecule is CC[C@H]1[C@H]2[C@H](OC13C=C(C)C(=O)O3)C1CCN3C(=O)[C@H](O)C[C@@]23O1. The summed E-state index contributed by atoms with van der Waals surface area (Å²) in [7, 11) is 0. The molecule has 7 heteroatoms. The Kier molecular flexibility index (Phi) is 2.72. The van der Waals surface area contributed by atoms with Gasteiger partial charge in [-0.15, -0.1) is 0 Å². The number of nitrogens with zero attached hydrogens (tertiary/aromatic N) is 1. The Labute approximate surface area is 139 Å². The molecule has 5 rings (SSSR count). The van der Waals surface area contributed by atoms with Gasteiger partial charge in [0.2, 0.25) is 5.79 Å². The fourth-order valence-corrected chi connectivity index (χ4v) is 5.58. The second kappa shape index (κ2) is 4.39. The molecule has 2 spiro atoms. The van der Waals surface area contributed by atoms with E-state index in [0.29, 0.717) is 18.5 Å². The Hall–Kier alpha value is -1.44. The molecule has 5 heterocycles. The van der Waals surface area contributed by atoms with Gasteiger partial charge in [-0.05, 0) is 25.8 Å². The van der Waals surface area contributed by atoms with Crippen LogP contribution >= 0.6 is 0 Å². The van der Waals surface area contributed by atoms with Gasteiger partial charge in [0.05, 0.1) is 12.2 Å². The van der Waals surface area contributed by atoms with Crippen LogP contribution in [0.2, 0.25) is 0 Å². The third-order valence-electron chi connectivity index (χ3n) is 6.43. The van der Waals surface area contributed by atoms with Crippen LogP contribution in [0.1, 0.15) is 33.1 Å². The van der Waals surface area contributed by atoms with Crippen molar-refractivity contribution in [2.24, 2.45) is 11.8 Å². The van der Waals surface area contributed by atoms with E-state index in [1.54, 1.807) is 17.9 Å². The molecule has 1 amide bonds. The molecule has 0 aromatic heterocycles. The fraction of sp³-hybridized carbons (Fsp3) is 0.765. The summed E-state index contributed by atoms with van der Waals surface area (Å²) < 4.78 is 18.2. The zero-order valence-electron chi connectivity index (χ0n) is 13.7. The lowest BCUT2D eigenvalue weighted by Gasteiger charge is -2.44. The van der Waals surface area contributed by atoms with Crippen molar-refractivity contribution in [3.05, 3.63) is 11.6 Å². The van der Waals surface area contributed by atoms with E-state index >= 15 is 0 Å². The summed E-state index contributed by atoms with van der Waals surface area (Å²) >= 11 is 0. The van der Waals surface area contributed by atoms with E-state index in [1.165, 1.54) is 0 Å². The standard InChI is InChI=1S/C17H21NO6/c1-3-9-12-13(23-17(9)6-8(2)15(21)24-17)11-4-5-18-14(20)10(19)7-16(12,18)22-11/h6,9-13,19H,3-5,7H2,1-2H3/t9-,10+,11?,12-,13+,16+,17?/m0/s1. The number of aliphatic hydroxyl groups excluding tert-OH is 1. The van der Waals surface area contributed by atoms with Gasteiger partial charge < -0.3 is 24.2 Å². The number of hydrogen-bond acceptors (Lipinski definition) is 6. The van der Waals surface area contributed by atoms with E-state index in [-0.39, 0.29) is 42.3 Å². The maximum Gasteiger partial charge on any atom is 0.336 e. The number of ether oxygens (including phenoxy) is 3. The molecular formula is C17H21NO6. The van der Waals surface area contributed by atoms with Gasteiger partial charge >= 0.3 is 5.97 Å². The largest absolute Gasteiger partial charge is 0.426 e. The molecule has 7 nitrogen and oxygen atoms in total. The van der Waals surface area contributed by atoms with Gasteiger partial charge in [0.15, 0.2) is 5.72 Å². The average molecular weight is 335 g/mol. The van der Waals surface area contributed by atoms with Crippen LogP contribution in [0.4, 0.5) is 0 Å². The van der Waals surface area contributed by atoms with E-state index < -0.39 is 17.6 Å². The van der Waals surface area contributed by atoms with E-state index in [4.69, 9.17) is 14.2 Å². The first-order chi connectivity index (χ1) is 11.4. The quantitative estimate of drug-likeness (QED) is 0.695. The number of carbonyl (C=O) groups excluding carboxylic acids is 2. The van der Waals surface area contributed by atoms with Gasteiger partial charge in [0, 0.05) is 30.4 Å². The van der Waals surface area contributed by atoms with Gasteiger partial charge in [0.1, 0.15) is 6.10 Å². The summed E-state index contributed by atoms with van der Waals surface area (Å²) in [5.41, 5.74) is -0.276. The van der Waals surface area contributed by atoms with E-state index in [2.05, 4.69) is 0 Å². The monoisotopic (exact) mass is 335 g/mol. The average Bonchev–Trinajstić information content (AvgIpc) is 3.16. The van der Waals surface area contributed by atoms with Crippen molar-refractivity contribution in [1.82, 2.24) is 4.90 Å². The molecule has 0 saturated carbocycles. The zero-order valence-corrected chi connectivity index (χ0v) is 13.7.